The maximum Gasteiger partial charge on any atom is 0.265 e. The maximum atomic E-state index is 13.0. The van der Waals surface area contributed by atoms with Crippen LogP contribution in [0.3, 0.4) is 0 Å². The standard InChI is InChI=1S/C21H16N4O4S/c22-30(28,29)16-12-10-15(11-13-16)23-24-19-17-8-4-5-9-18(17)25(21(19)27)20(26)14-6-2-1-3-7-14/h1-13,27H,(H2,22,28,29). The van der Waals surface area contributed by atoms with Gasteiger partial charge in [0.05, 0.1) is 16.1 Å². The van der Waals surface area contributed by atoms with Gasteiger partial charge in [-0.15, -0.1) is 5.11 Å². The Morgan fingerprint density at radius 1 is 0.867 bits per heavy atom. The number of aromatic hydroxyl groups is 1. The molecule has 0 saturated carbocycles. The first kappa shape index (κ1) is 19.5. The van der Waals surface area contributed by atoms with Gasteiger partial charge in [-0.2, -0.15) is 5.11 Å². The van der Waals surface area contributed by atoms with Gasteiger partial charge in [0.2, 0.25) is 15.9 Å². The summed E-state index contributed by atoms with van der Waals surface area (Å²) in [7, 11) is -3.81. The number of fused-ring (bicyclic) bond motifs is 1. The molecule has 0 spiro atoms. The topological polar surface area (TPSA) is 127 Å². The monoisotopic (exact) mass is 420 g/mol. The quantitative estimate of drug-likeness (QED) is 0.482. The van der Waals surface area contributed by atoms with Crippen LogP contribution < -0.4 is 5.14 Å². The van der Waals surface area contributed by atoms with E-state index in [9.17, 15) is 18.3 Å². The van der Waals surface area contributed by atoms with E-state index < -0.39 is 15.9 Å². The molecule has 0 unspecified atom stereocenters. The Bertz CT molecular complexity index is 1380. The van der Waals surface area contributed by atoms with Gasteiger partial charge in [0.25, 0.3) is 5.91 Å². The average Bonchev–Trinajstić information content (AvgIpc) is 3.03. The largest absolute Gasteiger partial charge is 0.493 e. The lowest BCUT2D eigenvalue weighted by molar-refractivity contribution is 0.0957. The number of aromatic nitrogens is 1. The summed E-state index contributed by atoms with van der Waals surface area (Å²) in [5.74, 6) is -0.738. The highest BCUT2D eigenvalue weighted by Gasteiger charge is 2.22. The zero-order valence-electron chi connectivity index (χ0n) is 15.5. The lowest BCUT2D eigenvalue weighted by Crippen LogP contribution is -2.11. The number of nitrogens with zero attached hydrogens (tertiary/aromatic N) is 3. The second-order valence-electron chi connectivity index (χ2n) is 6.43. The summed E-state index contributed by atoms with van der Waals surface area (Å²) in [5, 5.41) is 24.6. The van der Waals surface area contributed by atoms with E-state index in [0.29, 0.717) is 22.2 Å². The van der Waals surface area contributed by atoms with Crippen molar-refractivity contribution in [2.45, 2.75) is 4.90 Å². The zero-order valence-corrected chi connectivity index (χ0v) is 16.3. The molecule has 0 bridgehead atoms. The van der Waals surface area contributed by atoms with Crippen molar-refractivity contribution in [3.8, 4) is 5.88 Å². The molecule has 0 aliphatic heterocycles. The number of para-hydroxylation sites is 1. The number of sulfonamides is 1. The van der Waals surface area contributed by atoms with Gasteiger partial charge in [-0.25, -0.2) is 18.1 Å². The molecule has 0 amide bonds. The molecule has 3 aromatic carbocycles. The second kappa shape index (κ2) is 7.54. The van der Waals surface area contributed by atoms with Gasteiger partial charge in [0.15, 0.2) is 5.69 Å². The molecule has 0 saturated heterocycles. The van der Waals surface area contributed by atoms with Crippen LogP contribution >= 0.6 is 0 Å². The molecule has 4 aromatic rings. The summed E-state index contributed by atoms with van der Waals surface area (Å²) >= 11 is 0. The number of carbonyl (C=O) groups excluding carboxylic acids is 1. The number of hydrogen-bond acceptors (Lipinski definition) is 6. The zero-order chi connectivity index (χ0) is 21.3. The third-order valence-electron chi connectivity index (χ3n) is 4.48. The summed E-state index contributed by atoms with van der Waals surface area (Å²) in [5.41, 5.74) is 1.39. The molecule has 1 aromatic heterocycles. The average molecular weight is 420 g/mol. The van der Waals surface area contributed by atoms with Gasteiger partial charge in [-0.1, -0.05) is 36.4 Å². The minimum absolute atomic E-state index is 0.0469. The fourth-order valence-electron chi connectivity index (χ4n) is 3.03. The summed E-state index contributed by atoms with van der Waals surface area (Å²) in [6.07, 6.45) is 0. The van der Waals surface area contributed by atoms with Crippen LogP contribution in [0.4, 0.5) is 11.4 Å². The molecule has 8 nitrogen and oxygen atoms in total. The highest BCUT2D eigenvalue weighted by Crippen LogP contribution is 2.39. The predicted molar refractivity (Wildman–Crippen MR) is 112 cm³/mol. The van der Waals surface area contributed by atoms with Gasteiger partial charge in [0, 0.05) is 10.9 Å². The Balaban J connectivity index is 1.78. The molecule has 4 rings (SSSR count). The van der Waals surface area contributed by atoms with Crippen LogP contribution in [0.15, 0.2) is 94.0 Å². The fraction of sp³-hybridized carbons (Fsp3) is 0. The van der Waals surface area contributed by atoms with Gasteiger partial charge in [0.1, 0.15) is 0 Å². The molecular weight excluding hydrogens is 404 g/mol. The Labute approximate surface area is 172 Å². The number of rotatable bonds is 4. The highest BCUT2D eigenvalue weighted by atomic mass is 32.2. The summed E-state index contributed by atoms with van der Waals surface area (Å²) < 4.78 is 23.9. The molecule has 3 N–H and O–H groups in total. The van der Waals surface area contributed by atoms with Gasteiger partial charge >= 0.3 is 0 Å². The third-order valence-corrected chi connectivity index (χ3v) is 5.41. The van der Waals surface area contributed by atoms with Crippen molar-refractivity contribution in [3.05, 3.63) is 84.4 Å². The van der Waals surface area contributed by atoms with E-state index in [4.69, 9.17) is 5.14 Å². The van der Waals surface area contributed by atoms with Gasteiger partial charge < -0.3 is 5.11 Å². The van der Waals surface area contributed by atoms with Gasteiger partial charge in [-0.3, -0.25) is 4.79 Å². The first-order valence-corrected chi connectivity index (χ1v) is 10.4. The normalized spacial score (nSPS) is 11.9. The van der Waals surface area contributed by atoms with Crippen LogP contribution in [-0.4, -0.2) is 24.0 Å². The summed E-state index contributed by atoms with van der Waals surface area (Å²) in [6, 6.07) is 21.0. The third kappa shape index (κ3) is 3.59. The Morgan fingerprint density at radius 2 is 1.50 bits per heavy atom. The SMILES string of the molecule is NS(=O)(=O)c1ccc(N=Nc2c(O)n(C(=O)c3ccccc3)c3ccccc23)cc1. The van der Waals surface area contributed by atoms with E-state index in [1.807, 2.05) is 0 Å². The molecule has 30 heavy (non-hydrogen) atoms. The molecule has 9 heteroatoms. The predicted octanol–water partition coefficient (Wildman–Crippen LogP) is 4.10. The van der Waals surface area contributed by atoms with Crippen LogP contribution in [0.5, 0.6) is 5.88 Å². The van der Waals surface area contributed by atoms with Crippen LogP contribution in [0, 0.1) is 0 Å². The van der Waals surface area contributed by atoms with Crippen molar-refractivity contribution in [2.75, 3.05) is 0 Å². The van der Waals surface area contributed by atoms with Gasteiger partial charge in [-0.05, 0) is 42.5 Å². The van der Waals surface area contributed by atoms with Crippen molar-refractivity contribution >= 4 is 38.2 Å². The first-order valence-electron chi connectivity index (χ1n) is 8.83. The lowest BCUT2D eigenvalue weighted by Gasteiger charge is -2.05. The molecule has 0 aliphatic rings. The maximum absolute atomic E-state index is 13.0. The molecule has 0 fully saturated rings. The minimum Gasteiger partial charge on any atom is -0.493 e. The lowest BCUT2D eigenvalue weighted by atomic mass is 10.2. The Morgan fingerprint density at radius 3 is 2.17 bits per heavy atom. The Kier molecular flexibility index (Phi) is 4.90. The van der Waals surface area contributed by atoms with E-state index in [1.165, 1.54) is 28.8 Å². The molecule has 0 radical (unpaired) electrons. The second-order valence-corrected chi connectivity index (χ2v) is 8.00. The Hall–Kier alpha value is -3.82. The van der Waals surface area contributed by atoms with E-state index in [-0.39, 0.29) is 16.5 Å². The van der Waals surface area contributed by atoms with Crippen molar-refractivity contribution in [2.24, 2.45) is 15.4 Å². The first-order chi connectivity index (χ1) is 14.4. The van der Waals surface area contributed by atoms with Crippen molar-refractivity contribution in [3.63, 3.8) is 0 Å². The van der Waals surface area contributed by atoms with Crippen LogP contribution in [0.1, 0.15) is 10.4 Å². The number of primary sulfonamides is 1. The molecule has 150 valence electrons. The highest BCUT2D eigenvalue weighted by molar-refractivity contribution is 7.89. The summed E-state index contributed by atoms with van der Waals surface area (Å²) in [6.45, 7) is 0. The van der Waals surface area contributed by atoms with Crippen molar-refractivity contribution < 1.29 is 18.3 Å². The number of carbonyl (C=O) groups is 1. The van der Waals surface area contributed by atoms with Crippen LogP contribution in [-0.2, 0) is 10.0 Å². The molecular formula is C21H16N4O4S. The van der Waals surface area contributed by atoms with Crippen LogP contribution in [0.25, 0.3) is 10.9 Å². The van der Waals surface area contributed by atoms with E-state index in [0.717, 1.165) is 0 Å². The molecule has 0 atom stereocenters. The van der Waals surface area contributed by atoms with E-state index >= 15 is 0 Å². The van der Waals surface area contributed by atoms with E-state index in [1.54, 1.807) is 54.6 Å². The van der Waals surface area contributed by atoms with Crippen molar-refractivity contribution in [1.29, 1.82) is 0 Å². The number of hydrogen-bond donors (Lipinski definition) is 2. The van der Waals surface area contributed by atoms with Crippen LogP contribution in [0.2, 0.25) is 0 Å². The smallest absolute Gasteiger partial charge is 0.265 e. The van der Waals surface area contributed by atoms with E-state index in [2.05, 4.69) is 10.2 Å². The van der Waals surface area contributed by atoms with Crippen molar-refractivity contribution in [1.82, 2.24) is 4.57 Å². The molecule has 0 aliphatic carbocycles. The number of benzene rings is 3. The fourth-order valence-corrected chi connectivity index (χ4v) is 3.55. The summed E-state index contributed by atoms with van der Waals surface area (Å²) in [4.78, 5) is 12.9. The number of azo groups is 1. The molecule has 1 heterocycles. The minimum atomic E-state index is -3.81. The number of nitrogens with two attached hydrogens (primary N) is 1.